The summed E-state index contributed by atoms with van der Waals surface area (Å²) in [6.45, 7) is 3.46. The van der Waals surface area contributed by atoms with E-state index < -0.39 is 0 Å². The van der Waals surface area contributed by atoms with Crippen LogP contribution >= 0.6 is 11.6 Å². The largest absolute Gasteiger partial charge is 0.382 e. The maximum absolute atomic E-state index is 5.97. The fourth-order valence-corrected chi connectivity index (χ4v) is 2.22. The van der Waals surface area contributed by atoms with Crippen LogP contribution in [0, 0.1) is 6.92 Å². The molecule has 3 rings (SSSR count). The second kappa shape index (κ2) is 5.09. The number of fused-ring (bicyclic) bond motifs is 1. The van der Waals surface area contributed by atoms with Crippen molar-refractivity contribution >= 4 is 28.6 Å². The molecule has 3 aromatic heterocycles. The van der Waals surface area contributed by atoms with Gasteiger partial charge in [0.25, 0.3) is 0 Å². The number of nitrogen functional groups attached to an aromatic ring is 1. The number of rotatable bonds is 4. The quantitative estimate of drug-likeness (QED) is 0.790. The van der Waals surface area contributed by atoms with Crippen molar-refractivity contribution in [2.75, 3.05) is 5.73 Å². The van der Waals surface area contributed by atoms with Crippen molar-refractivity contribution < 1.29 is 0 Å². The summed E-state index contributed by atoms with van der Waals surface area (Å²) >= 11 is 5.97. The van der Waals surface area contributed by atoms with E-state index in [1.807, 2.05) is 22.4 Å². The molecule has 7 nitrogen and oxygen atoms in total. The molecule has 3 heterocycles. The first-order valence-corrected chi connectivity index (χ1v) is 6.64. The van der Waals surface area contributed by atoms with Crippen LogP contribution < -0.4 is 5.73 Å². The van der Waals surface area contributed by atoms with Crippen LogP contribution in [0.3, 0.4) is 0 Å². The van der Waals surface area contributed by atoms with Crippen molar-refractivity contribution in [3.8, 4) is 0 Å². The standard InChI is InChI=1S/C12H14ClN7/c1-8-9(13)5-20(18-8)4-2-3-19-7-17-10-11(14)15-6-16-12(10)19/h5-7H,2-4H2,1H3,(H2,14,15,16). The van der Waals surface area contributed by atoms with Crippen LogP contribution in [0.5, 0.6) is 0 Å². The summed E-state index contributed by atoms with van der Waals surface area (Å²) in [6.07, 6.45) is 5.92. The molecule has 0 saturated heterocycles. The number of aromatic nitrogens is 6. The number of halogens is 1. The van der Waals surface area contributed by atoms with Crippen molar-refractivity contribution in [2.45, 2.75) is 26.4 Å². The molecule has 0 unspecified atom stereocenters. The van der Waals surface area contributed by atoms with Gasteiger partial charge >= 0.3 is 0 Å². The number of imidazole rings is 1. The Kier molecular flexibility index (Phi) is 3.27. The van der Waals surface area contributed by atoms with Crippen molar-refractivity contribution in [3.05, 3.63) is 29.6 Å². The summed E-state index contributed by atoms with van der Waals surface area (Å²) in [4.78, 5) is 12.4. The van der Waals surface area contributed by atoms with Gasteiger partial charge in [-0.05, 0) is 13.3 Å². The fourth-order valence-electron chi connectivity index (χ4n) is 2.07. The third-order valence-corrected chi connectivity index (χ3v) is 3.47. The second-order valence-electron chi connectivity index (χ2n) is 4.55. The number of hydrogen-bond acceptors (Lipinski definition) is 5. The van der Waals surface area contributed by atoms with Gasteiger partial charge in [0.1, 0.15) is 11.8 Å². The molecule has 0 saturated carbocycles. The molecule has 0 spiro atoms. The van der Waals surface area contributed by atoms with E-state index in [2.05, 4.69) is 20.1 Å². The average molecular weight is 292 g/mol. The van der Waals surface area contributed by atoms with Gasteiger partial charge in [-0.1, -0.05) is 11.6 Å². The highest BCUT2D eigenvalue weighted by molar-refractivity contribution is 6.31. The van der Waals surface area contributed by atoms with E-state index in [-0.39, 0.29) is 0 Å². The molecule has 20 heavy (non-hydrogen) atoms. The Morgan fingerprint density at radius 2 is 2.10 bits per heavy atom. The number of hydrogen-bond donors (Lipinski definition) is 1. The summed E-state index contributed by atoms with van der Waals surface area (Å²) in [5, 5.41) is 5.01. The topological polar surface area (TPSA) is 87.4 Å². The number of anilines is 1. The molecule has 0 aliphatic heterocycles. The molecule has 3 aromatic rings. The lowest BCUT2D eigenvalue weighted by molar-refractivity contribution is 0.528. The van der Waals surface area contributed by atoms with Crippen LogP contribution in [-0.2, 0) is 13.1 Å². The zero-order valence-corrected chi connectivity index (χ0v) is 11.7. The lowest BCUT2D eigenvalue weighted by Crippen LogP contribution is -2.05. The molecule has 0 atom stereocenters. The summed E-state index contributed by atoms with van der Waals surface area (Å²) in [6, 6.07) is 0. The maximum atomic E-state index is 5.97. The van der Waals surface area contributed by atoms with Crippen molar-refractivity contribution in [1.29, 1.82) is 0 Å². The zero-order chi connectivity index (χ0) is 14.1. The zero-order valence-electron chi connectivity index (χ0n) is 11.0. The van der Waals surface area contributed by atoms with Gasteiger partial charge in [0, 0.05) is 19.3 Å². The molecule has 0 fully saturated rings. The van der Waals surface area contributed by atoms with Crippen LogP contribution in [-0.4, -0.2) is 29.3 Å². The highest BCUT2D eigenvalue weighted by Gasteiger charge is 2.07. The maximum Gasteiger partial charge on any atom is 0.165 e. The summed E-state index contributed by atoms with van der Waals surface area (Å²) in [7, 11) is 0. The van der Waals surface area contributed by atoms with Crippen LogP contribution in [0.4, 0.5) is 5.82 Å². The Hall–Kier alpha value is -2.15. The van der Waals surface area contributed by atoms with E-state index >= 15 is 0 Å². The van der Waals surface area contributed by atoms with Gasteiger partial charge < -0.3 is 10.3 Å². The van der Waals surface area contributed by atoms with Crippen LogP contribution in [0.15, 0.2) is 18.9 Å². The Balaban J connectivity index is 1.70. The predicted molar refractivity (Wildman–Crippen MR) is 76.3 cm³/mol. The van der Waals surface area contributed by atoms with Crippen molar-refractivity contribution in [3.63, 3.8) is 0 Å². The van der Waals surface area contributed by atoms with E-state index in [1.54, 1.807) is 6.33 Å². The summed E-state index contributed by atoms with van der Waals surface area (Å²) in [5.74, 6) is 0.406. The Morgan fingerprint density at radius 3 is 2.85 bits per heavy atom. The summed E-state index contributed by atoms with van der Waals surface area (Å²) < 4.78 is 3.81. The van der Waals surface area contributed by atoms with E-state index in [4.69, 9.17) is 17.3 Å². The minimum Gasteiger partial charge on any atom is -0.382 e. The molecule has 104 valence electrons. The van der Waals surface area contributed by atoms with E-state index in [9.17, 15) is 0 Å². The number of nitrogens with two attached hydrogens (primary N) is 1. The van der Waals surface area contributed by atoms with Gasteiger partial charge in [-0.3, -0.25) is 4.68 Å². The Labute approximate surface area is 120 Å². The number of nitrogens with zero attached hydrogens (tertiary/aromatic N) is 6. The normalized spacial score (nSPS) is 11.3. The third-order valence-electron chi connectivity index (χ3n) is 3.10. The lowest BCUT2D eigenvalue weighted by atomic mass is 10.4. The molecule has 0 radical (unpaired) electrons. The van der Waals surface area contributed by atoms with Crippen LogP contribution in [0.1, 0.15) is 12.1 Å². The van der Waals surface area contributed by atoms with E-state index in [1.165, 1.54) is 6.33 Å². The Bertz CT molecular complexity index is 726. The second-order valence-corrected chi connectivity index (χ2v) is 4.96. The van der Waals surface area contributed by atoms with Gasteiger partial charge in [-0.2, -0.15) is 5.10 Å². The van der Waals surface area contributed by atoms with Gasteiger partial charge in [-0.25, -0.2) is 15.0 Å². The smallest absolute Gasteiger partial charge is 0.165 e. The predicted octanol–water partition coefficient (Wildman–Crippen LogP) is 1.66. The average Bonchev–Trinajstić information content (AvgIpc) is 2.96. The Morgan fingerprint density at radius 1 is 1.25 bits per heavy atom. The van der Waals surface area contributed by atoms with Gasteiger partial charge in [0.15, 0.2) is 11.5 Å². The summed E-state index contributed by atoms with van der Waals surface area (Å²) in [5.41, 5.74) is 8.00. The first-order valence-electron chi connectivity index (χ1n) is 6.26. The van der Waals surface area contributed by atoms with Gasteiger partial charge in [-0.15, -0.1) is 0 Å². The fraction of sp³-hybridized carbons (Fsp3) is 0.333. The monoisotopic (exact) mass is 291 g/mol. The van der Waals surface area contributed by atoms with Crippen molar-refractivity contribution in [1.82, 2.24) is 29.3 Å². The molecular formula is C12H14ClN7. The molecular weight excluding hydrogens is 278 g/mol. The van der Waals surface area contributed by atoms with Gasteiger partial charge in [0.05, 0.1) is 17.0 Å². The minimum absolute atomic E-state index is 0.406. The first kappa shape index (κ1) is 12.9. The molecule has 0 aromatic carbocycles. The minimum atomic E-state index is 0.406. The van der Waals surface area contributed by atoms with Gasteiger partial charge in [0.2, 0.25) is 0 Å². The SMILES string of the molecule is Cc1nn(CCCn2cnc3c(N)ncnc32)cc1Cl. The molecule has 8 heteroatoms. The molecule has 2 N–H and O–H groups in total. The molecule has 0 bridgehead atoms. The first-order chi connectivity index (χ1) is 9.65. The van der Waals surface area contributed by atoms with Crippen LogP contribution in [0.2, 0.25) is 5.02 Å². The molecule has 0 aliphatic carbocycles. The third kappa shape index (κ3) is 2.32. The highest BCUT2D eigenvalue weighted by Crippen LogP contribution is 2.15. The molecule has 0 aliphatic rings. The van der Waals surface area contributed by atoms with Crippen molar-refractivity contribution in [2.24, 2.45) is 0 Å². The molecule has 0 amide bonds. The van der Waals surface area contributed by atoms with Crippen LogP contribution in [0.25, 0.3) is 11.2 Å². The van der Waals surface area contributed by atoms with E-state index in [0.29, 0.717) is 16.4 Å². The highest BCUT2D eigenvalue weighted by atomic mass is 35.5. The van der Waals surface area contributed by atoms with E-state index in [0.717, 1.165) is 30.9 Å². The lowest BCUT2D eigenvalue weighted by Gasteiger charge is -2.04. The number of aryl methyl sites for hydroxylation is 3.